The van der Waals surface area contributed by atoms with Crippen LogP contribution in [0.5, 0.6) is 0 Å². The van der Waals surface area contributed by atoms with Crippen LogP contribution in [0.25, 0.3) is 0 Å². The third-order valence-corrected chi connectivity index (χ3v) is 4.30. The highest BCUT2D eigenvalue weighted by atomic mass is 35.5. The van der Waals surface area contributed by atoms with E-state index in [4.69, 9.17) is 23.2 Å². The Labute approximate surface area is 123 Å². The molecular formula is C12H15Cl2NO3S. The van der Waals surface area contributed by atoms with Gasteiger partial charge in [-0.05, 0) is 18.6 Å². The van der Waals surface area contributed by atoms with Gasteiger partial charge >= 0.3 is 0 Å². The molecule has 0 aliphatic carbocycles. The van der Waals surface area contributed by atoms with Crippen molar-refractivity contribution in [3.8, 4) is 0 Å². The van der Waals surface area contributed by atoms with Crippen molar-refractivity contribution in [1.29, 1.82) is 0 Å². The van der Waals surface area contributed by atoms with E-state index in [1.165, 1.54) is 0 Å². The van der Waals surface area contributed by atoms with Crippen molar-refractivity contribution in [3.05, 3.63) is 33.8 Å². The van der Waals surface area contributed by atoms with Crippen LogP contribution < -0.4 is 5.32 Å². The molecule has 1 aromatic rings. The van der Waals surface area contributed by atoms with Crippen LogP contribution in [-0.2, 0) is 14.6 Å². The molecular weight excluding hydrogens is 309 g/mol. The second-order valence-corrected chi connectivity index (χ2v) is 7.36. The predicted octanol–water partition coefficient (Wildman–Crippen LogP) is 2.61. The van der Waals surface area contributed by atoms with Gasteiger partial charge in [-0.2, -0.15) is 0 Å². The van der Waals surface area contributed by atoms with Crippen molar-refractivity contribution in [1.82, 2.24) is 5.32 Å². The third-order valence-electron chi connectivity index (χ3n) is 2.53. The van der Waals surface area contributed by atoms with Crippen molar-refractivity contribution in [2.45, 2.75) is 19.4 Å². The van der Waals surface area contributed by atoms with Gasteiger partial charge in [0, 0.05) is 12.7 Å². The lowest BCUT2D eigenvalue weighted by Gasteiger charge is -2.16. The summed E-state index contributed by atoms with van der Waals surface area (Å²) in [5, 5.41) is 3.49. The molecule has 0 bridgehead atoms. The Bertz CT molecular complexity index is 572. The number of hydrogen-bond donors (Lipinski definition) is 1. The maximum Gasteiger partial charge on any atom is 0.221 e. The van der Waals surface area contributed by atoms with Crippen LogP contribution in [0.15, 0.2) is 18.2 Å². The minimum Gasteiger partial charge on any atom is -0.349 e. The van der Waals surface area contributed by atoms with Gasteiger partial charge < -0.3 is 5.32 Å². The quantitative estimate of drug-likeness (QED) is 0.905. The van der Waals surface area contributed by atoms with Crippen molar-refractivity contribution < 1.29 is 13.2 Å². The van der Waals surface area contributed by atoms with Crippen molar-refractivity contribution in [2.75, 3.05) is 12.0 Å². The Morgan fingerprint density at radius 3 is 2.58 bits per heavy atom. The number of sulfone groups is 1. The number of rotatable bonds is 5. The van der Waals surface area contributed by atoms with Gasteiger partial charge in [0.2, 0.25) is 5.91 Å². The van der Waals surface area contributed by atoms with Crippen LogP contribution in [-0.4, -0.2) is 26.3 Å². The Morgan fingerprint density at radius 1 is 1.37 bits per heavy atom. The van der Waals surface area contributed by atoms with E-state index in [0.717, 1.165) is 6.26 Å². The lowest BCUT2D eigenvalue weighted by molar-refractivity contribution is -0.121. The molecule has 0 unspecified atom stereocenters. The summed E-state index contributed by atoms with van der Waals surface area (Å²) in [5.41, 5.74) is 0.696. The van der Waals surface area contributed by atoms with Crippen LogP contribution in [0.2, 0.25) is 10.0 Å². The third kappa shape index (κ3) is 5.38. The largest absolute Gasteiger partial charge is 0.349 e. The first-order chi connectivity index (χ1) is 8.70. The fourth-order valence-electron chi connectivity index (χ4n) is 1.52. The smallest absolute Gasteiger partial charge is 0.221 e. The van der Waals surface area contributed by atoms with Crippen LogP contribution >= 0.6 is 23.2 Å². The second kappa shape index (κ2) is 6.59. The highest BCUT2D eigenvalue weighted by Crippen LogP contribution is 2.29. The molecule has 0 saturated heterocycles. The molecule has 106 valence electrons. The monoisotopic (exact) mass is 323 g/mol. The number of benzene rings is 1. The normalized spacial score (nSPS) is 13.1. The van der Waals surface area contributed by atoms with Crippen LogP contribution in [0.1, 0.15) is 24.9 Å². The molecule has 0 aliphatic rings. The molecule has 0 radical (unpaired) electrons. The minimum atomic E-state index is -3.14. The number of nitrogens with one attached hydrogen (secondary N) is 1. The standard InChI is InChI=1S/C12H15Cl2NO3S/c1-8(9-4-3-5-10(13)12(9)14)15-11(16)6-7-19(2,17)18/h3-5,8H,6-7H2,1-2H3,(H,15,16)/t8-/m0/s1. The van der Waals surface area contributed by atoms with Crippen molar-refractivity contribution in [3.63, 3.8) is 0 Å². The Morgan fingerprint density at radius 2 is 2.00 bits per heavy atom. The molecule has 1 amide bonds. The lowest BCUT2D eigenvalue weighted by atomic mass is 10.1. The lowest BCUT2D eigenvalue weighted by Crippen LogP contribution is -2.28. The number of halogens is 2. The fourth-order valence-corrected chi connectivity index (χ4v) is 2.55. The number of hydrogen-bond acceptors (Lipinski definition) is 3. The first-order valence-corrected chi connectivity index (χ1v) is 8.43. The average Bonchev–Trinajstić information content (AvgIpc) is 2.29. The van der Waals surface area contributed by atoms with Gasteiger partial charge in [-0.1, -0.05) is 35.3 Å². The van der Waals surface area contributed by atoms with Crippen LogP contribution in [0.3, 0.4) is 0 Å². The predicted molar refractivity (Wildman–Crippen MR) is 77.3 cm³/mol. The zero-order chi connectivity index (χ0) is 14.6. The van der Waals surface area contributed by atoms with Gasteiger partial charge in [-0.3, -0.25) is 4.79 Å². The van der Waals surface area contributed by atoms with E-state index >= 15 is 0 Å². The summed E-state index contributed by atoms with van der Waals surface area (Å²) in [7, 11) is -3.14. The molecule has 0 fully saturated rings. The van der Waals surface area contributed by atoms with Gasteiger partial charge in [-0.15, -0.1) is 0 Å². The van der Waals surface area contributed by atoms with Crippen LogP contribution in [0, 0.1) is 0 Å². The summed E-state index contributed by atoms with van der Waals surface area (Å²) < 4.78 is 21.9. The molecule has 1 atom stereocenters. The summed E-state index contributed by atoms with van der Waals surface area (Å²) in [4.78, 5) is 11.6. The molecule has 0 heterocycles. The summed E-state index contributed by atoms with van der Waals surface area (Å²) in [5.74, 6) is -0.511. The van der Waals surface area contributed by atoms with E-state index in [1.54, 1.807) is 25.1 Å². The summed E-state index contributed by atoms with van der Waals surface area (Å²) >= 11 is 11.9. The van der Waals surface area contributed by atoms with Gasteiger partial charge in [-0.25, -0.2) is 8.42 Å². The highest BCUT2D eigenvalue weighted by Gasteiger charge is 2.15. The highest BCUT2D eigenvalue weighted by molar-refractivity contribution is 7.90. The van der Waals surface area contributed by atoms with E-state index in [9.17, 15) is 13.2 Å². The summed E-state index contributed by atoms with van der Waals surface area (Å²) in [6.45, 7) is 1.76. The maximum absolute atomic E-state index is 11.6. The molecule has 7 heteroatoms. The topological polar surface area (TPSA) is 63.2 Å². The maximum atomic E-state index is 11.6. The van der Waals surface area contributed by atoms with Crippen molar-refractivity contribution in [2.24, 2.45) is 0 Å². The van der Waals surface area contributed by atoms with Gasteiger partial charge in [0.1, 0.15) is 9.84 Å². The molecule has 1 aromatic carbocycles. The molecule has 4 nitrogen and oxygen atoms in total. The molecule has 0 saturated carbocycles. The van der Waals surface area contributed by atoms with E-state index in [1.807, 2.05) is 0 Å². The molecule has 0 aromatic heterocycles. The van der Waals surface area contributed by atoms with E-state index < -0.39 is 9.84 Å². The zero-order valence-electron chi connectivity index (χ0n) is 10.6. The minimum absolute atomic E-state index is 0.0681. The van der Waals surface area contributed by atoms with E-state index in [-0.39, 0.29) is 24.1 Å². The van der Waals surface area contributed by atoms with Crippen LogP contribution in [0.4, 0.5) is 0 Å². The Hall–Kier alpha value is -0.780. The first-order valence-electron chi connectivity index (χ1n) is 5.61. The molecule has 1 rings (SSSR count). The summed E-state index contributed by atoms with van der Waals surface area (Å²) in [6.07, 6.45) is 1.03. The molecule has 0 aliphatic heterocycles. The van der Waals surface area contributed by atoms with E-state index in [2.05, 4.69) is 5.32 Å². The second-order valence-electron chi connectivity index (χ2n) is 4.31. The van der Waals surface area contributed by atoms with Gasteiger partial charge in [0.15, 0.2) is 0 Å². The van der Waals surface area contributed by atoms with E-state index in [0.29, 0.717) is 15.6 Å². The van der Waals surface area contributed by atoms with Crippen molar-refractivity contribution >= 4 is 38.9 Å². The zero-order valence-corrected chi connectivity index (χ0v) is 12.9. The number of carbonyl (C=O) groups is 1. The number of amides is 1. The molecule has 1 N–H and O–H groups in total. The van der Waals surface area contributed by atoms with Gasteiger partial charge in [0.05, 0.1) is 21.8 Å². The molecule has 0 spiro atoms. The Kier molecular flexibility index (Phi) is 5.64. The fraction of sp³-hybridized carbons (Fsp3) is 0.417. The first kappa shape index (κ1) is 16.3. The summed E-state index contributed by atoms with van der Waals surface area (Å²) in [6, 6.07) is 4.82. The SMILES string of the molecule is C[C@H](NC(=O)CCS(C)(=O)=O)c1cccc(Cl)c1Cl. The van der Waals surface area contributed by atoms with Gasteiger partial charge in [0.25, 0.3) is 0 Å². The average molecular weight is 324 g/mol. The Balaban J connectivity index is 2.67. The number of carbonyl (C=O) groups excluding carboxylic acids is 1. The molecule has 19 heavy (non-hydrogen) atoms.